The number of nitrogens with one attached hydrogen (secondary N) is 1. The van der Waals surface area contributed by atoms with Crippen molar-refractivity contribution in [2.24, 2.45) is 0 Å². The molecule has 2 aromatic rings. The highest BCUT2D eigenvalue weighted by molar-refractivity contribution is 9.10. The van der Waals surface area contributed by atoms with Crippen molar-refractivity contribution in [3.05, 3.63) is 56.7 Å². The first kappa shape index (κ1) is 15.5. The van der Waals surface area contributed by atoms with Crippen molar-refractivity contribution in [1.29, 1.82) is 0 Å². The van der Waals surface area contributed by atoms with E-state index in [0.29, 0.717) is 10.6 Å². The Morgan fingerprint density at radius 1 is 1.33 bits per heavy atom. The van der Waals surface area contributed by atoms with Crippen LogP contribution in [0.3, 0.4) is 0 Å². The van der Waals surface area contributed by atoms with E-state index in [0.717, 1.165) is 10.0 Å². The molecule has 2 rings (SSSR count). The summed E-state index contributed by atoms with van der Waals surface area (Å²) in [6, 6.07) is 9.25. The second kappa shape index (κ2) is 7.19. The first-order valence-electron chi connectivity index (χ1n) is 6.00. The molecular weight excluding hydrogens is 354 g/mol. The van der Waals surface area contributed by atoms with E-state index in [-0.39, 0.29) is 5.91 Å². The van der Waals surface area contributed by atoms with Gasteiger partial charge in [-0.2, -0.15) is 0 Å². The molecule has 1 aromatic heterocycles. The van der Waals surface area contributed by atoms with Gasteiger partial charge in [-0.25, -0.2) is 4.79 Å². The lowest BCUT2D eigenvalue weighted by Crippen LogP contribution is -2.10. The van der Waals surface area contributed by atoms with E-state index in [1.807, 2.05) is 24.3 Å². The highest BCUT2D eigenvalue weighted by Crippen LogP contribution is 2.23. The van der Waals surface area contributed by atoms with E-state index in [1.54, 1.807) is 17.5 Å². The van der Waals surface area contributed by atoms with Crippen LogP contribution in [0, 0.1) is 0 Å². The number of esters is 1. The van der Waals surface area contributed by atoms with Gasteiger partial charge in [0.2, 0.25) is 5.91 Å². The van der Waals surface area contributed by atoms with Gasteiger partial charge >= 0.3 is 5.97 Å². The molecule has 1 aromatic carbocycles. The second-order valence-corrected chi connectivity index (χ2v) is 5.86. The minimum absolute atomic E-state index is 0.307. The first-order chi connectivity index (χ1) is 10.1. The topological polar surface area (TPSA) is 55.4 Å². The van der Waals surface area contributed by atoms with Crippen molar-refractivity contribution < 1.29 is 14.3 Å². The molecule has 0 radical (unpaired) electrons. The summed E-state index contributed by atoms with van der Waals surface area (Å²) in [6.07, 6.45) is 3.12. The third-order valence-corrected chi connectivity index (χ3v) is 3.96. The Balaban J connectivity index is 2.05. The van der Waals surface area contributed by atoms with Crippen LogP contribution in [0.2, 0.25) is 0 Å². The highest BCUT2D eigenvalue weighted by atomic mass is 79.9. The van der Waals surface area contributed by atoms with E-state index in [1.165, 1.54) is 24.5 Å². The van der Waals surface area contributed by atoms with Crippen LogP contribution >= 0.6 is 27.3 Å². The van der Waals surface area contributed by atoms with Crippen LogP contribution in [0.25, 0.3) is 6.08 Å². The maximum absolute atomic E-state index is 11.9. The normalized spacial score (nSPS) is 10.6. The number of amides is 1. The van der Waals surface area contributed by atoms with E-state index >= 15 is 0 Å². The molecular formula is C15H12BrNO3S. The van der Waals surface area contributed by atoms with Gasteiger partial charge in [-0.1, -0.05) is 28.1 Å². The zero-order chi connectivity index (χ0) is 15.2. The van der Waals surface area contributed by atoms with Gasteiger partial charge < -0.3 is 10.1 Å². The van der Waals surface area contributed by atoms with Gasteiger partial charge in [-0.15, -0.1) is 11.3 Å². The number of benzene rings is 1. The molecule has 6 heteroatoms. The molecule has 4 nitrogen and oxygen atoms in total. The molecule has 0 aliphatic carbocycles. The van der Waals surface area contributed by atoms with Gasteiger partial charge in [0.1, 0.15) is 4.88 Å². The van der Waals surface area contributed by atoms with E-state index in [9.17, 15) is 9.59 Å². The fourth-order valence-corrected chi connectivity index (χ4v) is 2.80. The van der Waals surface area contributed by atoms with Gasteiger partial charge in [-0.05, 0) is 35.2 Å². The predicted octanol–water partition coefficient (Wildman–Crippen LogP) is 3.95. The number of hydrogen-bond acceptors (Lipinski definition) is 4. The third kappa shape index (κ3) is 4.27. The Morgan fingerprint density at radius 2 is 2.14 bits per heavy atom. The van der Waals surface area contributed by atoms with Gasteiger partial charge in [0.15, 0.2) is 0 Å². The predicted molar refractivity (Wildman–Crippen MR) is 87.5 cm³/mol. The van der Waals surface area contributed by atoms with Crippen LogP contribution in [-0.4, -0.2) is 19.0 Å². The summed E-state index contributed by atoms with van der Waals surface area (Å²) in [6.45, 7) is 0. The number of thiophene rings is 1. The summed E-state index contributed by atoms with van der Waals surface area (Å²) < 4.78 is 5.60. The van der Waals surface area contributed by atoms with Crippen molar-refractivity contribution in [2.75, 3.05) is 12.4 Å². The average Bonchev–Trinajstić information content (AvgIpc) is 2.92. The minimum atomic E-state index is -0.462. The lowest BCUT2D eigenvalue weighted by molar-refractivity contribution is -0.111. The largest absolute Gasteiger partial charge is 0.465 e. The number of hydrogen-bond donors (Lipinski definition) is 1. The Labute approximate surface area is 134 Å². The Bertz CT molecular complexity index is 694. The van der Waals surface area contributed by atoms with Gasteiger partial charge in [-0.3, -0.25) is 4.79 Å². The van der Waals surface area contributed by atoms with Crippen molar-refractivity contribution >= 4 is 50.9 Å². The van der Waals surface area contributed by atoms with Crippen molar-refractivity contribution in [2.45, 2.75) is 0 Å². The molecule has 108 valence electrons. The quantitative estimate of drug-likeness (QED) is 0.659. The minimum Gasteiger partial charge on any atom is -0.465 e. The van der Waals surface area contributed by atoms with E-state index in [2.05, 4.69) is 26.0 Å². The smallest absolute Gasteiger partial charge is 0.350 e. The molecule has 1 N–H and O–H groups in total. The van der Waals surface area contributed by atoms with Gasteiger partial charge in [0.05, 0.1) is 12.8 Å². The molecule has 0 spiro atoms. The van der Waals surface area contributed by atoms with E-state index in [4.69, 9.17) is 0 Å². The SMILES string of the molecule is COC(=O)c1sccc1NC(=O)/C=C/c1cccc(Br)c1. The molecule has 0 saturated heterocycles. The fraction of sp³-hybridized carbons (Fsp3) is 0.0667. The summed E-state index contributed by atoms with van der Waals surface area (Å²) in [5, 5.41) is 4.38. The number of rotatable bonds is 4. The monoisotopic (exact) mass is 365 g/mol. The molecule has 0 aliphatic rings. The van der Waals surface area contributed by atoms with Crippen molar-refractivity contribution in [1.82, 2.24) is 0 Å². The summed E-state index contributed by atoms with van der Waals surface area (Å²) in [7, 11) is 1.31. The van der Waals surface area contributed by atoms with Crippen LogP contribution < -0.4 is 5.32 Å². The molecule has 1 amide bonds. The summed E-state index contributed by atoms with van der Waals surface area (Å²) in [5.74, 6) is -0.769. The van der Waals surface area contributed by atoms with Crippen molar-refractivity contribution in [3.63, 3.8) is 0 Å². The molecule has 0 saturated carbocycles. The zero-order valence-electron chi connectivity index (χ0n) is 11.1. The van der Waals surface area contributed by atoms with Crippen LogP contribution in [0.15, 0.2) is 46.3 Å². The molecule has 0 bridgehead atoms. The lowest BCUT2D eigenvalue weighted by Gasteiger charge is -2.02. The standard InChI is InChI=1S/C15H12BrNO3S/c1-20-15(19)14-12(7-8-21-14)17-13(18)6-5-10-3-2-4-11(16)9-10/h2-9H,1H3,(H,17,18)/b6-5+. The number of anilines is 1. The van der Waals surface area contributed by atoms with Crippen LogP contribution in [0.4, 0.5) is 5.69 Å². The third-order valence-electron chi connectivity index (χ3n) is 2.57. The molecule has 0 unspecified atom stereocenters. The molecule has 21 heavy (non-hydrogen) atoms. The Morgan fingerprint density at radius 3 is 2.86 bits per heavy atom. The van der Waals surface area contributed by atoms with Gasteiger partial charge in [0, 0.05) is 10.5 Å². The maximum Gasteiger partial charge on any atom is 0.350 e. The number of carbonyl (C=O) groups excluding carboxylic acids is 2. The number of ether oxygens (including phenoxy) is 1. The highest BCUT2D eigenvalue weighted by Gasteiger charge is 2.14. The number of methoxy groups -OCH3 is 1. The Hall–Kier alpha value is -1.92. The average molecular weight is 366 g/mol. The van der Waals surface area contributed by atoms with Crippen LogP contribution in [0.1, 0.15) is 15.2 Å². The summed E-state index contributed by atoms with van der Waals surface area (Å²) in [4.78, 5) is 23.8. The first-order valence-corrected chi connectivity index (χ1v) is 7.68. The summed E-state index contributed by atoms with van der Waals surface area (Å²) >= 11 is 4.59. The summed E-state index contributed by atoms with van der Waals surface area (Å²) in [5.41, 5.74) is 1.36. The number of halogens is 1. The lowest BCUT2D eigenvalue weighted by atomic mass is 10.2. The molecule has 0 fully saturated rings. The number of carbonyl (C=O) groups is 2. The fourth-order valence-electron chi connectivity index (χ4n) is 1.62. The zero-order valence-corrected chi connectivity index (χ0v) is 13.5. The van der Waals surface area contributed by atoms with E-state index < -0.39 is 5.97 Å². The maximum atomic E-state index is 11.9. The Kier molecular flexibility index (Phi) is 5.30. The van der Waals surface area contributed by atoms with Crippen LogP contribution in [-0.2, 0) is 9.53 Å². The van der Waals surface area contributed by atoms with Gasteiger partial charge in [0.25, 0.3) is 0 Å². The second-order valence-electron chi connectivity index (χ2n) is 4.03. The molecule has 0 atom stereocenters. The van der Waals surface area contributed by atoms with Crippen molar-refractivity contribution in [3.8, 4) is 0 Å². The molecule has 0 aliphatic heterocycles. The van der Waals surface area contributed by atoms with Crippen LogP contribution in [0.5, 0.6) is 0 Å². The molecule has 1 heterocycles.